The van der Waals surface area contributed by atoms with Crippen molar-refractivity contribution >= 4 is 33.1 Å². The van der Waals surface area contributed by atoms with Crippen molar-refractivity contribution in [2.45, 2.75) is 20.8 Å². The van der Waals surface area contributed by atoms with Crippen molar-refractivity contribution in [3.63, 3.8) is 0 Å². The van der Waals surface area contributed by atoms with Crippen LogP contribution in [0.15, 0.2) is 59.2 Å². The molecule has 0 saturated heterocycles. The largest absolute Gasteiger partial charge is 0.497 e. The molecular formula is C23H22BrN3O. The first-order valence-electron chi connectivity index (χ1n) is 9.14. The fourth-order valence-corrected chi connectivity index (χ4v) is 3.82. The Balaban J connectivity index is 1.95. The van der Waals surface area contributed by atoms with Gasteiger partial charge in [-0.2, -0.15) is 0 Å². The third-order valence-electron chi connectivity index (χ3n) is 5.00. The van der Waals surface area contributed by atoms with Crippen LogP contribution in [0.5, 0.6) is 5.75 Å². The molecule has 0 bridgehead atoms. The average Bonchev–Trinajstić information content (AvgIpc) is 3.02. The molecule has 4 aromatic rings. The van der Waals surface area contributed by atoms with E-state index in [4.69, 9.17) is 9.72 Å². The van der Waals surface area contributed by atoms with Gasteiger partial charge in [-0.15, -0.1) is 0 Å². The molecule has 0 aliphatic carbocycles. The number of fused-ring (bicyclic) bond motifs is 1. The van der Waals surface area contributed by atoms with Gasteiger partial charge in [0.05, 0.1) is 7.11 Å². The zero-order chi connectivity index (χ0) is 19.8. The number of nitrogens with zero attached hydrogens (tertiary/aromatic N) is 2. The number of aryl methyl sites for hydroxylation is 3. The molecule has 0 unspecified atom stereocenters. The lowest BCUT2D eigenvalue weighted by atomic mass is 10.0. The second kappa shape index (κ2) is 7.32. The van der Waals surface area contributed by atoms with Crippen LogP contribution < -0.4 is 10.1 Å². The van der Waals surface area contributed by atoms with Crippen LogP contribution in [0.3, 0.4) is 0 Å². The Hall–Kier alpha value is -2.79. The SMILES string of the molecule is COc1ccc(-c2nc3ccc(Br)cn3c2Nc2c(C)cccc2C)c(C)c1. The predicted molar refractivity (Wildman–Crippen MR) is 119 cm³/mol. The lowest BCUT2D eigenvalue weighted by molar-refractivity contribution is 0.414. The lowest BCUT2D eigenvalue weighted by Crippen LogP contribution is -2.01. The summed E-state index contributed by atoms with van der Waals surface area (Å²) in [5.74, 6) is 1.79. The molecule has 0 atom stereocenters. The van der Waals surface area contributed by atoms with E-state index in [9.17, 15) is 0 Å². The van der Waals surface area contributed by atoms with E-state index in [1.165, 1.54) is 11.1 Å². The Bertz CT molecular complexity index is 1160. The number of halogens is 1. The smallest absolute Gasteiger partial charge is 0.143 e. The fourth-order valence-electron chi connectivity index (χ4n) is 3.48. The number of hydrogen-bond acceptors (Lipinski definition) is 3. The van der Waals surface area contributed by atoms with E-state index < -0.39 is 0 Å². The number of rotatable bonds is 4. The lowest BCUT2D eigenvalue weighted by Gasteiger charge is -2.15. The molecule has 0 saturated carbocycles. The van der Waals surface area contributed by atoms with Crippen LogP contribution >= 0.6 is 15.9 Å². The first-order chi connectivity index (χ1) is 13.5. The maximum absolute atomic E-state index is 5.37. The molecule has 0 spiro atoms. The number of anilines is 2. The number of aromatic nitrogens is 2. The fraction of sp³-hybridized carbons (Fsp3) is 0.174. The summed E-state index contributed by atoms with van der Waals surface area (Å²) in [4.78, 5) is 4.93. The van der Waals surface area contributed by atoms with Crippen molar-refractivity contribution in [1.82, 2.24) is 9.38 Å². The third kappa shape index (κ3) is 3.27. The number of nitrogens with one attached hydrogen (secondary N) is 1. The Labute approximate surface area is 173 Å². The van der Waals surface area contributed by atoms with Crippen molar-refractivity contribution < 1.29 is 4.74 Å². The Morgan fingerprint density at radius 1 is 0.964 bits per heavy atom. The quantitative estimate of drug-likeness (QED) is 0.400. The topological polar surface area (TPSA) is 38.6 Å². The minimum atomic E-state index is 0.844. The molecule has 2 aromatic heterocycles. The number of methoxy groups -OCH3 is 1. The van der Waals surface area contributed by atoms with Gasteiger partial charge in [-0.1, -0.05) is 18.2 Å². The first-order valence-corrected chi connectivity index (χ1v) is 9.93. The van der Waals surface area contributed by atoms with Gasteiger partial charge in [-0.05, 0) is 83.7 Å². The zero-order valence-electron chi connectivity index (χ0n) is 16.4. The summed E-state index contributed by atoms with van der Waals surface area (Å²) < 4.78 is 8.46. The van der Waals surface area contributed by atoms with Crippen LogP contribution in [0.1, 0.15) is 16.7 Å². The van der Waals surface area contributed by atoms with Crippen LogP contribution in [-0.4, -0.2) is 16.5 Å². The monoisotopic (exact) mass is 435 g/mol. The molecule has 4 rings (SSSR count). The highest BCUT2D eigenvalue weighted by Crippen LogP contribution is 2.36. The van der Waals surface area contributed by atoms with E-state index in [1.807, 2.05) is 30.5 Å². The van der Waals surface area contributed by atoms with Gasteiger partial charge in [0, 0.05) is 21.9 Å². The molecule has 0 radical (unpaired) electrons. The summed E-state index contributed by atoms with van der Waals surface area (Å²) in [5.41, 5.74) is 7.50. The summed E-state index contributed by atoms with van der Waals surface area (Å²) in [5, 5.41) is 3.66. The molecule has 2 heterocycles. The Kier molecular flexibility index (Phi) is 4.85. The van der Waals surface area contributed by atoms with Gasteiger partial charge >= 0.3 is 0 Å². The molecule has 0 fully saturated rings. The van der Waals surface area contributed by atoms with Gasteiger partial charge in [0.2, 0.25) is 0 Å². The Morgan fingerprint density at radius 3 is 2.39 bits per heavy atom. The highest BCUT2D eigenvalue weighted by Gasteiger charge is 2.18. The van der Waals surface area contributed by atoms with E-state index in [2.05, 4.69) is 70.7 Å². The number of benzene rings is 2. The van der Waals surface area contributed by atoms with Crippen LogP contribution in [0.4, 0.5) is 11.5 Å². The molecule has 0 amide bonds. The van der Waals surface area contributed by atoms with E-state index in [0.29, 0.717) is 0 Å². The molecular weight excluding hydrogens is 414 g/mol. The highest BCUT2D eigenvalue weighted by molar-refractivity contribution is 9.10. The van der Waals surface area contributed by atoms with E-state index >= 15 is 0 Å². The maximum Gasteiger partial charge on any atom is 0.143 e. The molecule has 5 heteroatoms. The molecule has 1 N–H and O–H groups in total. The number of para-hydroxylation sites is 1. The molecule has 0 aliphatic rings. The number of hydrogen-bond donors (Lipinski definition) is 1. The van der Waals surface area contributed by atoms with Crippen molar-refractivity contribution in [2.75, 3.05) is 12.4 Å². The second-order valence-corrected chi connectivity index (χ2v) is 7.87. The van der Waals surface area contributed by atoms with Crippen LogP contribution in [0.25, 0.3) is 16.9 Å². The van der Waals surface area contributed by atoms with Crippen LogP contribution in [-0.2, 0) is 0 Å². The summed E-state index contributed by atoms with van der Waals surface area (Å²) >= 11 is 3.59. The maximum atomic E-state index is 5.37. The Morgan fingerprint density at radius 2 is 1.71 bits per heavy atom. The first kappa shape index (κ1) is 18.6. The van der Waals surface area contributed by atoms with Crippen molar-refractivity contribution in [1.29, 1.82) is 0 Å². The summed E-state index contributed by atoms with van der Waals surface area (Å²) in [6.45, 7) is 6.32. The molecule has 28 heavy (non-hydrogen) atoms. The van der Waals surface area contributed by atoms with E-state index in [-0.39, 0.29) is 0 Å². The summed E-state index contributed by atoms with van der Waals surface area (Å²) in [7, 11) is 1.69. The normalized spacial score (nSPS) is 11.0. The standard InChI is InChI=1S/C23H22BrN3O/c1-14-6-5-7-15(2)21(14)26-23-22(19-10-9-18(28-4)12-16(19)3)25-20-11-8-17(24)13-27(20)23/h5-13,26H,1-4H3. The van der Waals surface area contributed by atoms with Gasteiger partial charge < -0.3 is 10.1 Å². The predicted octanol–water partition coefficient (Wildman–Crippen LogP) is 6.44. The number of pyridine rings is 1. The van der Waals surface area contributed by atoms with Gasteiger partial charge in [0.15, 0.2) is 0 Å². The molecule has 2 aromatic carbocycles. The number of imidazole rings is 1. The van der Waals surface area contributed by atoms with Crippen molar-refractivity contribution in [2.24, 2.45) is 0 Å². The van der Waals surface area contributed by atoms with Crippen LogP contribution in [0.2, 0.25) is 0 Å². The third-order valence-corrected chi connectivity index (χ3v) is 5.46. The van der Waals surface area contributed by atoms with E-state index in [0.717, 1.165) is 44.2 Å². The number of ether oxygens (including phenoxy) is 1. The van der Waals surface area contributed by atoms with Gasteiger partial charge in [-0.3, -0.25) is 4.40 Å². The molecule has 4 nitrogen and oxygen atoms in total. The molecule has 142 valence electrons. The van der Waals surface area contributed by atoms with E-state index in [1.54, 1.807) is 7.11 Å². The summed E-state index contributed by atoms with van der Waals surface area (Å²) in [6.07, 6.45) is 2.04. The second-order valence-electron chi connectivity index (χ2n) is 6.96. The minimum Gasteiger partial charge on any atom is -0.497 e. The van der Waals surface area contributed by atoms with Crippen molar-refractivity contribution in [3.05, 3.63) is 75.9 Å². The zero-order valence-corrected chi connectivity index (χ0v) is 18.0. The van der Waals surface area contributed by atoms with Gasteiger partial charge in [0.25, 0.3) is 0 Å². The highest BCUT2D eigenvalue weighted by atomic mass is 79.9. The van der Waals surface area contributed by atoms with Gasteiger partial charge in [-0.25, -0.2) is 4.98 Å². The van der Waals surface area contributed by atoms with Crippen LogP contribution in [0, 0.1) is 20.8 Å². The van der Waals surface area contributed by atoms with Crippen molar-refractivity contribution in [3.8, 4) is 17.0 Å². The van der Waals surface area contributed by atoms with Gasteiger partial charge in [0.1, 0.15) is 22.9 Å². The average molecular weight is 436 g/mol. The summed E-state index contributed by atoms with van der Waals surface area (Å²) in [6, 6.07) is 16.4. The minimum absolute atomic E-state index is 0.844. The molecule has 0 aliphatic heterocycles.